The minimum atomic E-state index is -1.29. The first-order chi connectivity index (χ1) is 12.6. The van der Waals surface area contributed by atoms with Gasteiger partial charge in [-0.15, -0.1) is 0 Å². The zero-order valence-electron chi connectivity index (χ0n) is 13.6. The molecule has 0 aliphatic heterocycles. The number of para-hydroxylation sites is 3. The van der Waals surface area contributed by atoms with Crippen LogP contribution >= 0.6 is 0 Å². The van der Waals surface area contributed by atoms with Crippen LogP contribution in [0.25, 0.3) is 0 Å². The van der Waals surface area contributed by atoms with E-state index in [1.807, 2.05) is 12.1 Å². The monoisotopic (exact) mass is 352 g/mol. The van der Waals surface area contributed by atoms with E-state index in [2.05, 4.69) is 4.74 Å². The van der Waals surface area contributed by atoms with Gasteiger partial charge in [-0.1, -0.05) is 54.6 Å². The van der Waals surface area contributed by atoms with E-state index in [1.54, 1.807) is 78.9 Å². The van der Waals surface area contributed by atoms with Gasteiger partial charge in [0, 0.05) is 0 Å². The number of hydrogen-bond donors (Lipinski definition) is 1. The first-order valence-electron chi connectivity index (χ1n) is 7.59. The highest BCUT2D eigenvalue weighted by molar-refractivity contribution is 5.66. The quantitative estimate of drug-likeness (QED) is 0.527. The molecule has 1 N–H and O–H groups in total. The van der Waals surface area contributed by atoms with E-state index in [1.165, 1.54) is 0 Å². The predicted molar refractivity (Wildman–Crippen MR) is 94.6 cm³/mol. The van der Waals surface area contributed by atoms with Crippen LogP contribution in [0, 0.1) is 0 Å². The van der Waals surface area contributed by atoms with Crippen molar-refractivity contribution in [2.75, 3.05) is 0 Å². The molecule has 0 amide bonds. The van der Waals surface area contributed by atoms with Crippen molar-refractivity contribution in [3.63, 3.8) is 0 Å². The minimum Gasteiger partial charge on any atom is -0.449 e. The molecule has 0 heterocycles. The second kappa shape index (κ2) is 10.1. The Hall–Kier alpha value is -3.80. The highest BCUT2D eigenvalue weighted by Gasteiger charge is 2.06. The third-order valence-electron chi connectivity index (χ3n) is 2.84. The molecule has 3 rings (SSSR count). The van der Waals surface area contributed by atoms with Crippen LogP contribution in [-0.4, -0.2) is 17.4 Å². The summed E-state index contributed by atoms with van der Waals surface area (Å²) < 4.78 is 14.2. The van der Waals surface area contributed by atoms with Gasteiger partial charge in [0.2, 0.25) is 0 Å². The van der Waals surface area contributed by atoms with Crippen molar-refractivity contribution in [2.45, 2.75) is 0 Å². The molecule has 0 bridgehead atoms. The fourth-order valence-electron chi connectivity index (χ4n) is 1.78. The third-order valence-corrected chi connectivity index (χ3v) is 2.84. The summed E-state index contributed by atoms with van der Waals surface area (Å²) >= 11 is 0. The number of carboxylic acid groups (broad SMARTS) is 1. The maximum atomic E-state index is 11.3. The van der Waals surface area contributed by atoms with Crippen LogP contribution < -0.4 is 14.2 Å². The number of rotatable bonds is 3. The summed E-state index contributed by atoms with van der Waals surface area (Å²) in [6, 6.07) is 25.9. The number of benzene rings is 3. The van der Waals surface area contributed by atoms with Gasteiger partial charge in [0.1, 0.15) is 17.2 Å². The van der Waals surface area contributed by atoms with Gasteiger partial charge in [-0.25, -0.2) is 9.59 Å². The van der Waals surface area contributed by atoms with Crippen LogP contribution in [0.4, 0.5) is 9.59 Å². The van der Waals surface area contributed by atoms with E-state index < -0.39 is 12.3 Å². The van der Waals surface area contributed by atoms with E-state index in [0.717, 1.165) is 0 Å². The van der Waals surface area contributed by atoms with Crippen LogP contribution in [0.2, 0.25) is 0 Å². The molecule has 6 nitrogen and oxygen atoms in total. The number of carbonyl (C=O) groups is 2. The molecule has 3 aromatic rings. The molecule has 6 heteroatoms. The summed E-state index contributed by atoms with van der Waals surface area (Å²) in [5.41, 5.74) is 0. The number of hydrogen-bond acceptors (Lipinski definition) is 5. The first kappa shape index (κ1) is 18.5. The first-order valence-corrected chi connectivity index (χ1v) is 7.59. The Bertz CT molecular complexity index is 760. The van der Waals surface area contributed by atoms with Crippen LogP contribution in [0.1, 0.15) is 0 Å². The lowest BCUT2D eigenvalue weighted by atomic mass is 10.3. The van der Waals surface area contributed by atoms with Crippen molar-refractivity contribution in [1.82, 2.24) is 0 Å². The summed E-state index contributed by atoms with van der Waals surface area (Å²) in [7, 11) is 0. The Labute approximate surface area is 150 Å². The zero-order chi connectivity index (χ0) is 18.6. The van der Waals surface area contributed by atoms with Crippen molar-refractivity contribution in [3.05, 3.63) is 91.0 Å². The molecule has 0 saturated carbocycles. The molecule has 0 saturated heterocycles. The van der Waals surface area contributed by atoms with Crippen molar-refractivity contribution in [1.29, 1.82) is 0 Å². The summed E-state index contributed by atoms with van der Waals surface area (Å²) in [5, 5.41) is 8.14. The van der Waals surface area contributed by atoms with Crippen LogP contribution in [0.15, 0.2) is 91.0 Å². The Kier molecular flexibility index (Phi) is 7.23. The topological polar surface area (TPSA) is 82.1 Å². The van der Waals surface area contributed by atoms with Crippen molar-refractivity contribution in [2.24, 2.45) is 0 Å². The molecular weight excluding hydrogens is 336 g/mol. The molecule has 0 atom stereocenters. The highest BCUT2D eigenvalue weighted by atomic mass is 16.7. The molecule has 0 fully saturated rings. The molecule has 0 aromatic heterocycles. The van der Waals surface area contributed by atoms with E-state index >= 15 is 0 Å². The summed E-state index contributed by atoms with van der Waals surface area (Å²) in [5.74, 6) is 1.27. The van der Waals surface area contributed by atoms with Crippen LogP contribution in [-0.2, 0) is 0 Å². The average Bonchev–Trinajstić information content (AvgIpc) is 2.64. The lowest BCUT2D eigenvalue weighted by molar-refractivity contribution is 0.144. The molecule has 0 spiro atoms. The minimum absolute atomic E-state index is 0.343. The van der Waals surface area contributed by atoms with Gasteiger partial charge < -0.3 is 19.3 Å². The van der Waals surface area contributed by atoms with E-state index in [0.29, 0.717) is 17.2 Å². The molecule has 0 aliphatic carbocycles. The Morgan fingerprint density at radius 2 is 0.846 bits per heavy atom. The molecule has 0 aliphatic rings. The Morgan fingerprint density at radius 1 is 0.538 bits per heavy atom. The largest absolute Gasteiger partial charge is 0.519 e. The molecule has 0 radical (unpaired) electrons. The van der Waals surface area contributed by atoms with Crippen LogP contribution in [0.5, 0.6) is 17.2 Å². The maximum Gasteiger partial charge on any atom is 0.519 e. The van der Waals surface area contributed by atoms with Crippen LogP contribution in [0.3, 0.4) is 0 Å². The van der Waals surface area contributed by atoms with E-state index in [4.69, 9.17) is 14.6 Å². The van der Waals surface area contributed by atoms with E-state index in [9.17, 15) is 9.59 Å². The van der Waals surface area contributed by atoms with Crippen molar-refractivity contribution >= 4 is 12.3 Å². The molecule has 26 heavy (non-hydrogen) atoms. The third kappa shape index (κ3) is 7.18. The van der Waals surface area contributed by atoms with Crippen molar-refractivity contribution < 1.29 is 28.9 Å². The molecule has 132 valence electrons. The van der Waals surface area contributed by atoms with Crippen molar-refractivity contribution in [3.8, 4) is 17.2 Å². The van der Waals surface area contributed by atoms with Gasteiger partial charge in [-0.3, -0.25) is 0 Å². The lowest BCUT2D eigenvalue weighted by Crippen LogP contribution is -2.13. The van der Waals surface area contributed by atoms with Gasteiger partial charge in [-0.05, 0) is 36.4 Å². The standard InChI is InChI=1S/C13H10O3.C7H6O3/c14-13(15-11-7-3-1-4-8-11)16-12-9-5-2-6-10-12;8-7(9)10-6-4-2-1-3-5-6/h1-10H;1-5H,(H,8,9). The van der Waals surface area contributed by atoms with Gasteiger partial charge >= 0.3 is 12.3 Å². The smallest absolute Gasteiger partial charge is 0.449 e. The van der Waals surface area contributed by atoms with Gasteiger partial charge in [0.25, 0.3) is 0 Å². The van der Waals surface area contributed by atoms with Gasteiger partial charge in [0.05, 0.1) is 0 Å². The Morgan fingerprint density at radius 3 is 1.15 bits per heavy atom. The predicted octanol–water partition coefficient (Wildman–Crippen LogP) is 5.01. The molecule has 3 aromatic carbocycles. The zero-order valence-corrected chi connectivity index (χ0v) is 13.6. The second-order valence-electron chi connectivity index (χ2n) is 4.76. The summed E-state index contributed by atoms with van der Waals surface area (Å²) in [6.45, 7) is 0. The highest BCUT2D eigenvalue weighted by Crippen LogP contribution is 2.12. The lowest BCUT2D eigenvalue weighted by Gasteiger charge is -2.04. The average molecular weight is 352 g/mol. The number of ether oxygens (including phenoxy) is 3. The Balaban J connectivity index is 0.000000209. The SMILES string of the molecule is O=C(O)Oc1ccccc1.O=C(Oc1ccccc1)Oc1ccccc1. The summed E-state index contributed by atoms with van der Waals surface area (Å²) in [6.07, 6.45) is -2.02. The van der Waals surface area contributed by atoms with Gasteiger partial charge in [-0.2, -0.15) is 0 Å². The molecular formula is C20H16O6. The maximum absolute atomic E-state index is 11.3. The van der Waals surface area contributed by atoms with Gasteiger partial charge in [0.15, 0.2) is 0 Å². The molecule has 0 unspecified atom stereocenters. The summed E-state index contributed by atoms with van der Waals surface area (Å²) in [4.78, 5) is 21.3. The normalized spacial score (nSPS) is 9.23. The fourth-order valence-corrected chi connectivity index (χ4v) is 1.78. The fraction of sp³-hybridized carbons (Fsp3) is 0. The van der Waals surface area contributed by atoms with E-state index in [-0.39, 0.29) is 0 Å². The second-order valence-corrected chi connectivity index (χ2v) is 4.76. The number of carbonyl (C=O) groups excluding carboxylic acids is 1.